The number of primary sulfonamides is 1. The van der Waals surface area contributed by atoms with E-state index in [1.807, 2.05) is 30.3 Å². The molecule has 150 valence electrons. The van der Waals surface area contributed by atoms with Crippen LogP contribution in [0.15, 0.2) is 72.8 Å². The number of carbonyl (C=O) groups is 1. The number of rotatable bonds is 7. The van der Waals surface area contributed by atoms with Gasteiger partial charge in [-0.1, -0.05) is 24.3 Å². The van der Waals surface area contributed by atoms with E-state index in [9.17, 15) is 13.2 Å². The Morgan fingerprint density at radius 2 is 1.69 bits per heavy atom. The third kappa shape index (κ3) is 5.81. The number of para-hydroxylation sites is 1. The number of hydrogen-bond acceptors (Lipinski definition) is 5. The third-order valence-corrected chi connectivity index (χ3v) is 4.83. The summed E-state index contributed by atoms with van der Waals surface area (Å²) in [5.74, 6) is 0.113. The van der Waals surface area contributed by atoms with Gasteiger partial charge in [0.1, 0.15) is 5.75 Å². The summed E-state index contributed by atoms with van der Waals surface area (Å²) < 4.78 is 27.7. The molecular weight excluding hydrogens is 390 g/mol. The number of ether oxygens (including phenoxy) is 1. The maximum Gasteiger partial charge on any atom is 0.257 e. The van der Waals surface area contributed by atoms with E-state index in [0.29, 0.717) is 22.5 Å². The van der Waals surface area contributed by atoms with Gasteiger partial charge in [0, 0.05) is 11.4 Å². The fourth-order valence-electron chi connectivity index (χ4n) is 2.79. The molecule has 1 amide bonds. The van der Waals surface area contributed by atoms with Crippen molar-refractivity contribution in [1.29, 1.82) is 0 Å². The Morgan fingerprint density at radius 3 is 2.38 bits per heavy atom. The van der Waals surface area contributed by atoms with Crippen molar-refractivity contribution in [2.45, 2.75) is 5.75 Å². The van der Waals surface area contributed by atoms with Crippen LogP contribution >= 0.6 is 0 Å². The van der Waals surface area contributed by atoms with Gasteiger partial charge in [0.2, 0.25) is 10.0 Å². The first kappa shape index (κ1) is 20.4. The molecule has 3 aromatic rings. The minimum Gasteiger partial charge on any atom is -0.497 e. The molecule has 4 N–H and O–H groups in total. The van der Waals surface area contributed by atoms with Crippen LogP contribution in [0.3, 0.4) is 0 Å². The van der Waals surface area contributed by atoms with Gasteiger partial charge in [-0.15, -0.1) is 0 Å². The zero-order valence-electron chi connectivity index (χ0n) is 15.8. The number of anilines is 3. The van der Waals surface area contributed by atoms with Crippen molar-refractivity contribution in [3.63, 3.8) is 0 Å². The molecule has 0 aliphatic rings. The molecule has 0 fully saturated rings. The molecule has 0 spiro atoms. The fourth-order valence-corrected chi connectivity index (χ4v) is 3.43. The molecule has 0 unspecified atom stereocenters. The molecule has 0 saturated carbocycles. The van der Waals surface area contributed by atoms with Gasteiger partial charge >= 0.3 is 0 Å². The average molecular weight is 411 g/mol. The molecule has 3 rings (SSSR count). The van der Waals surface area contributed by atoms with E-state index >= 15 is 0 Å². The standard InChI is InChI=1S/C21H21N3O4S/c1-28-18-11-9-16(10-12-18)23-20-8-3-2-7-19(20)21(25)24-17-6-4-5-15(13-17)14-29(22,26)27/h2-13,23H,14H2,1H3,(H,24,25)(H2,22,26,27). The molecule has 0 radical (unpaired) electrons. The van der Waals surface area contributed by atoms with Crippen molar-refractivity contribution in [2.24, 2.45) is 5.14 Å². The van der Waals surface area contributed by atoms with E-state index in [1.54, 1.807) is 49.6 Å². The monoisotopic (exact) mass is 411 g/mol. The number of sulfonamides is 1. The van der Waals surface area contributed by atoms with E-state index < -0.39 is 10.0 Å². The number of benzene rings is 3. The Balaban J connectivity index is 1.78. The zero-order valence-corrected chi connectivity index (χ0v) is 16.6. The van der Waals surface area contributed by atoms with Gasteiger partial charge in [-0.25, -0.2) is 13.6 Å². The van der Waals surface area contributed by atoms with Crippen molar-refractivity contribution >= 4 is 33.0 Å². The van der Waals surface area contributed by atoms with Crippen LogP contribution in [0.25, 0.3) is 0 Å². The Hall–Kier alpha value is -3.36. The highest BCUT2D eigenvalue weighted by Crippen LogP contribution is 2.24. The molecule has 29 heavy (non-hydrogen) atoms. The van der Waals surface area contributed by atoms with Gasteiger partial charge in [0.05, 0.1) is 24.1 Å². The predicted molar refractivity (Wildman–Crippen MR) is 114 cm³/mol. The highest BCUT2D eigenvalue weighted by molar-refractivity contribution is 7.88. The summed E-state index contributed by atoms with van der Waals surface area (Å²) >= 11 is 0. The van der Waals surface area contributed by atoms with E-state index in [2.05, 4.69) is 10.6 Å². The number of hydrogen-bond donors (Lipinski definition) is 3. The summed E-state index contributed by atoms with van der Waals surface area (Å²) in [6.45, 7) is 0. The number of methoxy groups -OCH3 is 1. The van der Waals surface area contributed by atoms with Gasteiger partial charge in [-0.05, 0) is 54.1 Å². The van der Waals surface area contributed by atoms with Gasteiger partial charge < -0.3 is 15.4 Å². The van der Waals surface area contributed by atoms with Crippen LogP contribution in [0, 0.1) is 0 Å². The Morgan fingerprint density at radius 1 is 0.966 bits per heavy atom. The topological polar surface area (TPSA) is 111 Å². The summed E-state index contributed by atoms with van der Waals surface area (Å²) in [4.78, 5) is 12.8. The predicted octanol–water partition coefficient (Wildman–Crippen LogP) is 3.48. The molecule has 0 aromatic heterocycles. The maximum atomic E-state index is 12.8. The van der Waals surface area contributed by atoms with E-state index in [-0.39, 0.29) is 11.7 Å². The van der Waals surface area contributed by atoms with Crippen molar-refractivity contribution < 1.29 is 17.9 Å². The number of carbonyl (C=O) groups excluding carboxylic acids is 1. The molecule has 7 nitrogen and oxygen atoms in total. The first-order valence-corrected chi connectivity index (χ1v) is 10.5. The SMILES string of the molecule is COc1ccc(Nc2ccccc2C(=O)Nc2cccc(CS(N)(=O)=O)c2)cc1. The number of nitrogens with one attached hydrogen (secondary N) is 2. The molecule has 0 aliphatic heterocycles. The Bertz CT molecular complexity index is 1110. The van der Waals surface area contributed by atoms with Crippen molar-refractivity contribution in [3.05, 3.63) is 83.9 Å². The minimum absolute atomic E-state index is 0.299. The number of amides is 1. The van der Waals surface area contributed by atoms with Gasteiger partial charge in [-0.3, -0.25) is 4.79 Å². The third-order valence-electron chi connectivity index (χ3n) is 4.09. The second kappa shape index (κ2) is 8.76. The van der Waals surface area contributed by atoms with E-state index in [4.69, 9.17) is 9.88 Å². The van der Waals surface area contributed by atoms with Crippen LogP contribution in [0.4, 0.5) is 17.1 Å². The van der Waals surface area contributed by atoms with Crippen molar-refractivity contribution in [2.75, 3.05) is 17.7 Å². The molecule has 0 heterocycles. The highest BCUT2D eigenvalue weighted by atomic mass is 32.2. The lowest BCUT2D eigenvalue weighted by Gasteiger charge is -2.13. The van der Waals surface area contributed by atoms with Crippen molar-refractivity contribution in [3.8, 4) is 5.75 Å². The second-order valence-electron chi connectivity index (χ2n) is 6.36. The van der Waals surface area contributed by atoms with Crippen LogP contribution in [0.1, 0.15) is 15.9 Å². The molecule has 0 bridgehead atoms. The highest BCUT2D eigenvalue weighted by Gasteiger charge is 2.13. The average Bonchev–Trinajstić information content (AvgIpc) is 2.68. The van der Waals surface area contributed by atoms with Gasteiger partial charge in [-0.2, -0.15) is 0 Å². The van der Waals surface area contributed by atoms with E-state index in [0.717, 1.165) is 11.4 Å². The van der Waals surface area contributed by atoms with Gasteiger partial charge in [0.15, 0.2) is 0 Å². The summed E-state index contributed by atoms with van der Waals surface area (Å²) in [6.07, 6.45) is 0. The Kier molecular flexibility index (Phi) is 6.16. The molecule has 0 saturated heterocycles. The first-order chi connectivity index (χ1) is 13.8. The quantitative estimate of drug-likeness (QED) is 0.551. The lowest BCUT2D eigenvalue weighted by Crippen LogP contribution is -2.16. The van der Waals surface area contributed by atoms with Crippen LogP contribution in [-0.2, 0) is 15.8 Å². The second-order valence-corrected chi connectivity index (χ2v) is 7.98. The normalized spacial score (nSPS) is 11.0. The molecular formula is C21H21N3O4S. The van der Waals surface area contributed by atoms with Crippen LogP contribution < -0.4 is 20.5 Å². The van der Waals surface area contributed by atoms with Crippen LogP contribution in [0.2, 0.25) is 0 Å². The van der Waals surface area contributed by atoms with Crippen LogP contribution in [-0.4, -0.2) is 21.4 Å². The minimum atomic E-state index is -3.65. The zero-order chi connectivity index (χ0) is 20.9. The lowest BCUT2D eigenvalue weighted by atomic mass is 10.1. The first-order valence-electron chi connectivity index (χ1n) is 8.75. The maximum absolute atomic E-state index is 12.8. The van der Waals surface area contributed by atoms with Gasteiger partial charge in [0.25, 0.3) is 5.91 Å². The van der Waals surface area contributed by atoms with Crippen LogP contribution in [0.5, 0.6) is 5.75 Å². The summed E-state index contributed by atoms with van der Waals surface area (Å²) in [5.41, 5.74) is 2.86. The number of nitrogens with two attached hydrogens (primary N) is 1. The Labute approximate surface area is 169 Å². The lowest BCUT2D eigenvalue weighted by molar-refractivity contribution is 0.102. The van der Waals surface area contributed by atoms with E-state index in [1.165, 1.54) is 0 Å². The smallest absolute Gasteiger partial charge is 0.257 e. The molecule has 3 aromatic carbocycles. The van der Waals surface area contributed by atoms with Crippen molar-refractivity contribution in [1.82, 2.24) is 0 Å². The molecule has 0 aliphatic carbocycles. The fraction of sp³-hybridized carbons (Fsp3) is 0.0952. The molecule has 0 atom stereocenters. The summed E-state index contributed by atoms with van der Waals surface area (Å²) in [6, 6.07) is 21.0. The largest absolute Gasteiger partial charge is 0.497 e. The molecule has 8 heteroatoms. The summed E-state index contributed by atoms with van der Waals surface area (Å²) in [5, 5.41) is 11.1. The summed E-state index contributed by atoms with van der Waals surface area (Å²) in [7, 11) is -2.06.